The number of benzene rings is 1. The van der Waals surface area contributed by atoms with Gasteiger partial charge in [-0.3, -0.25) is 9.48 Å². The topological polar surface area (TPSA) is 67.2 Å². The number of rotatable bonds is 4. The van der Waals surface area contributed by atoms with Gasteiger partial charge in [0.05, 0.1) is 23.6 Å². The fourth-order valence-corrected chi connectivity index (χ4v) is 4.14. The first-order chi connectivity index (χ1) is 11.6. The molecule has 3 atom stereocenters. The zero-order chi connectivity index (χ0) is 16.7. The lowest BCUT2D eigenvalue weighted by molar-refractivity contribution is -0.133. The number of carbonyl (C=O) groups excluding carboxylic acids is 1. The average Bonchev–Trinajstić information content (AvgIpc) is 3.01. The maximum absolute atomic E-state index is 13.1. The summed E-state index contributed by atoms with van der Waals surface area (Å²) >= 11 is 0. The molecule has 1 aromatic carbocycles. The number of amides is 1. The fraction of sp³-hybridized carbons (Fsp3) is 0.474. The lowest BCUT2D eigenvalue weighted by Gasteiger charge is -2.46. The van der Waals surface area contributed by atoms with Crippen LogP contribution in [-0.4, -0.2) is 32.9 Å². The second-order valence-electron chi connectivity index (χ2n) is 7.11. The fourth-order valence-electron chi connectivity index (χ4n) is 4.14. The van der Waals surface area contributed by atoms with E-state index in [0.717, 1.165) is 24.8 Å². The molecule has 2 aliphatic carbocycles. The predicted molar refractivity (Wildman–Crippen MR) is 90.5 cm³/mol. The van der Waals surface area contributed by atoms with Gasteiger partial charge < -0.3 is 10.4 Å². The molecule has 0 saturated heterocycles. The molecule has 2 N–H and O–H groups in total. The minimum Gasteiger partial charge on any atom is -0.391 e. The largest absolute Gasteiger partial charge is 0.391 e. The smallest absolute Gasteiger partial charge is 0.230 e. The van der Waals surface area contributed by atoms with Crippen LogP contribution in [0.4, 0.5) is 0 Å². The van der Waals surface area contributed by atoms with E-state index in [4.69, 9.17) is 0 Å². The third-order valence-corrected chi connectivity index (χ3v) is 5.75. The Bertz CT molecular complexity index is 737. The Morgan fingerprint density at radius 1 is 1.33 bits per heavy atom. The van der Waals surface area contributed by atoms with Crippen LogP contribution in [0.1, 0.15) is 42.9 Å². The molecule has 1 amide bonds. The van der Waals surface area contributed by atoms with Gasteiger partial charge >= 0.3 is 0 Å². The average molecular weight is 325 g/mol. The van der Waals surface area contributed by atoms with Crippen molar-refractivity contribution in [3.63, 3.8) is 0 Å². The van der Waals surface area contributed by atoms with Crippen LogP contribution < -0.4 is 5.32 Å². The Morgan fingerprint density at radius 3 is 2.71 bits per heavy atom. The molecular weight excluding hydrogens is 302 g/mol. The summed E-state index contributed by atoms with van der Waals surface area (Å²) in [5.41, 5.74) is 1.91. The standard InChI is InChI=1S/C19H23N3O2/c1-13-6-2-3-7-14(13)19(8-4-9-19)18(24)21-15-12-16(23)17(15)22-11-5-10-20-22/h2-3,5-7,10-11,15-17,23H,4,8-9,12H2,1H3,(H,21,24)/t15-,16+,17+/m0/s1. The van der Waals surface area contributed by atoms with E-state index < -0.39 is 11.5 Å². The Morgan fingerprint density at radius 2 is 2.12 bits per heavy atom. The third kappa shape index (κ3) is 2.26. The van der Waals surface area contributed by atoms with Gasteiger partial charge in [-0.2, -0.15) is 5.10 Å². The highest BCUT2D eigenvalue weighted by Crippen LogP contribution is 2.46. The highest BCUT2D eigenvalue weighted by Gasteiger charge is 2.50. The number of aromatic nitrogens is 2. The van der Waals surface area contributed by atoms with Crippen LogP contribution in [-0.2, 0) is 10.2 Å². The maximum atomic E-state index is 13.1. The lowest BCUT2D eigenvalue weighted by Crippen LogP contribution is -2.60. The van der Waals surface area contributed by atoms with Crippen molar-refractivity contribution in [2.24, 2.45) is 0 Å². The molecule has 0 unspecified atom stereocenters. The van der Waals surface area contributed by atoms with Gasteiger partial charge in [-0.1, -0.05) is 30.7 Å². The molecule has 2 aromatic rings. The number of nitrogens with one attached hydrogen (secondary N) is 1. The number of nitrogens with zero attached hydrogens (tertiary/aromatic N) is 2. The van der Waals surface area contributed by atoms with Crippen molar-refractivity contribution < 1.29 is 9.90 Å². The van der Waals surface area contributed by atoms with E-state index in [9.17, 15) is 9.90 Å². The van der Waals surface area contributed by atoms with Crippen molar-refractivity contribution in [3.05, 3.63) is 53.9 Å². The van der Waals surface area contributed by atoms with Crippen molar-refractivity contribution in [1.29, 1.82) is 0 Å². The maximum Gasteiger partial charge on any atom is 0.230 e. The Hall–Kier alpha value is -2.14. The summed E-state index contributed by atoms with van der Waals surface area (Å²) in [5.74, 6) is 0.0945. The first kappa shape index (κ1) is 15.4. The SMILES string of the molecule is Cc1ccccc1C1(C(=O)N[C@H]2C[C@@H](O)[C@@H]2n2cccn2)CCC1. The normalized spacial score (nSPS) is 27.8. The van der Waals surface area contributed by atoms with Crippen LogP contribution in [0.5, 0.6) is 0 Å². The predicted octanol–water partition coefficient (Wildman–Crippen LogP) is 2.10. The van der Waals surface area contributed by atoms with Crippen LogP contribution in [0.2, 0.25) is 0 Å². The van der Waals surface area contributed by atoms with Gasteiger partial charge in [0.15, 0.2) is 0 Å². The highest BCUT2D eigenvalue weighted by atomic mass is 16.3. The van der Waals surface area contributed by atoms with Crippen molar-refractivity contribution in [2.45, 2.75) is 56.2 Å². The molecule has 5 nitrogen and oxygen atoms in total. The van der Waals surface area contributed by atoms with Crippen LogP contribution in [0.15, 0.2) is 42.7 Å². The van der Waals surface area contributed by atoms with E-state index in [2.05, 4.69) is 29.5 Å². The summed E-state index contributed by atoms with van der Waals surface area (Å²) in [4.78, 5) is 13.1. The lowest BCUT2D eigenvalue weighted by atomic mass is 9.62. The minimum absolute atomic E-state index is 0.0612. The molecule has 0 spiro atoms. The molecule has 0 aliphatic heterocycles. The van der Waals surface area contributed by atoms with E-state index in [0.29, 0.717) is 6.42 Å². The first-order valence-electron chi connectivity index (χ1n) is 8.66. The van der Waals surface area contributed by atoms with E-state index >= 15 is 0 Å². The van der Waals surface area contributed by atoms with E-state index in [-0.39, 0.29) is 18.0 Å². The van der Waals surface area contributed by atoms with E-state index in [1.807, 2.05) is 24.4 Å². The highest BCUT2D eigenvalue weighted by molar-refractivity contribution is 5.90. The summed E-state index contributed by atoms with van der Waals surface area (Å²) < 4.78 is 1.75. The number of hydrogen-bond acceptors (Lipinski definition) is 3. The number of aliphatic hydroxyl groups is 1. The molecular formula is C19H23N3O2. The van der Waals surface area contributed by atoms with Gasteiger partial charge in [0.2, 0.25) is 5.91 Å². The Balaban J connectivity index is 1.54. The molecule has 0 bridgehead atoms. The number of carbonyl (C=O) groups is 1. The molecule has 0 radical (unpaired) electrons. The molecule has 1 heterocycles. The summed E-state index contributed by atoms with van der Waals surface area (Å²) in [6, 6.07) is 9.78. The summed E-state index contributed by atoms with van der Waals surface area (Å²) in [6.45, 7) is 2.07. The molecule has 2 fully saturated rings. The third-order valence-electron chi connectivity index (χ3n) is 5.75. The van der Waals surface area contributed by atoms with Gasteiger partial charge in [-0.15, -0.1) is 0 Å². The second-order valence-corrected chi connectivity index (χ2v) is 7.11. The quantitative estimate of drug-likeness (QED) is 0.905. The molecule has 2 aliphatic rings. The molecule has 2 saturated carbocycles. The molecule has 24 heavy (non-hydrogen) atoms. The van der Waals surface area contributed by atoms with Crippen molar-refractivity contribution >= 4 is 5.91 Å². The van der Waals surface area contributed by atoms with Gasteiger partial charge in [0.1, 0.15) is 0 Å². The van der Waals surface area contributed by atoms with Crippen molar-refractivity contribution in [1.82, 2.24) is 15.1 Å². The zero-order valence-corrected chi connectivity index (χ0v) is 13.9. The van der Waals surface area contributed by atoms with Gasteiger partial charge in [-0.05, 0) is 43.4 Å². The second kappa shape index (κ2) is 5.74. The summed E-state index contributed by atoms with van der Waals surface area (Å²) in [6.07, 6.45) is 6.54. The zero-order valence-electron chi connectivity index (χ0n) is 13.9. The van der Waals surface area contributed by atoms with Crippen LogP contribution >= 0.6 is 0 Å². The molecule has 5 heteroatoms. The van der Waals surface area contributed by atoms with Crippen LogP contribution in [0, 0.1) is 6.92 Å². The Labute approximate surface area is 141 Å². The van der Waals surface area contributed by atoms with Crippen molar-refractivity contribution in [2.75, 3.05) is 0 Å². The van der Waals surface area contributed by atoms with E-state index in [1.165, 1.54) is 5.56 Å². The molecule has 1 aromatic heterocycles. The monoisotopic (exact) mass is 325 g/mol. The van der Waals surface area contributed by atoms with Crippen LogP contribution in [0.3, 0.4) is 0 Å². The summed E-state index contributed by atoms with van der Waals surface area (Å²) in [7, 11) is 0. The number of aryl methyl sites for hydroxylation is 1. The molecule has 4 rings (SSSR count). The minimum atomic E-state index is -0.453. The number of aliphatic hydroxyl groups excluding tert-OH is 1. The van der Waals surface area contributed by atoms with Gasteiger partial charge in [-0.25, -0.2) is 0 Å². The number of hydrogen-bond donors (Lipinski definition) is 2. The van der Waals surface area contributed by atoms with Crippen molar-refractivity contribution in [3.8, 4) is 0 Å². The van der Waals surface area contributed by atoms with Gasteiger partial charge in [0, 0.05) is 12.4 Å². The Kier molecular flexibility index (Phi) is 3.68. The summed E-state index contributed by atoms with van der Waals surface area (Å²) in [5, 5.41) is 17.5. The van der Waals surface area contributed by atoms with Gasteiger partial charge in [0.25, 0.3) is 0 Å². The first-order valence-corrected chi connectivity index (χ1v) is 8.66. The van der Waals surface area contributed by atoms with E-state index in [1.54, 1.807) is 10.9 Å². The van der Waals surface area contributed by atoms with Crippen LogP contribution in [0.25, 0.3) is 0 Å². The molecule has 126 valence electrons.